The Balaban J connectivity index is 1.72. The number of nitrogens with one attached hydrogen (secondary N) is 1. The van der Waals surface area contributed by atoms with E-state index in [4.69, 9.17) is 26.2 Å². The third-order valence-electron chi connectivity index (χ3n) is 4.30. The van der Waals surface area contributed by atoms with E-state index < -0.39 is 11.9 Å². The van der Waals surface area contributed by atoms with Crippen LogP contribution in [-0.4, -0.2) is 34.8 Å². The maximum Gasteiger partial charge on any atom is 0.335 e. The van der Waals surface area contributed by atoms with Crippen LogP contribution in [0.5, 0.6) is 11.5 Å². The normalized spacial score (nSPS) is 10.8. The van der Waals surface area contributed by atoms with Gasteiger partial charge in [0.2, 0.25) is 0 Å². The molecular formula is C23H19ClIN3O5. The first-order chi connectivity index (χ1) is 15.9. The summed E-state index contributed by atoms with van der Waals surface area (Å²) in [5.74, 6) is -0.372. The Morgan fingerprint density at radius 3 is 2.64 bits per heavy atom. The van der Waals surface area contributed by atoms with Gasteiger partial charge in [-0.1, -0.05) is 23.7 Å². The average Bonchev–Trinajstić information content (AvgIpc) is 2.79. The fourth-order valence-electron chi connectivity index (χ4n) is 2.75. The van der Waals surface area contributed by atoms with Crippen molar-refractivity contribution in [3.05, 3.63) is 85.7 Å². The Labute approximate surface area is 208 Å². The van der Waals surface area contributed by atoms with E-state index >= 15 is 0 Å². The van der Waals surface area contributed by atoms with E-state index in [1.165, 1.54) is 24.5 Å². The number of aromatic nitrogens is 1. The Hall–Kier alpha value is -3.18. The fraction of sp³-hybridized carbons (Fsp3) is 0.130. The van der Waals surface area contributed by atoms with Gasteiger partial charge >= 0.3 is 5.97 Å². The topological polar surface area (TPSA) is 110 Å². The van der Waals surface area contributed by atoms with Crippen molar-refractivity contribution < 1.29 is 24.2 Å². The van der Waals surface area contributed by atoms with Crippen LogP contribution in [0.1, 0.15) is 38.8 Å². The third kappa shape index (κ3) is 6.65. The van der Waals surface area contributed by atoms with Gasteiger partial charge in [0.05, 0.1) is 27.5 Å². The van der Waals surface area contributed by atoms with Gasteiger partial charge in [-0.3, -0.25) is 4.79 Å². The molecule has 1 heterocycles. The van der Waals surface area contributed by atoms with Crippen LogP contribution in [0.4, 0.5) is 0 Å². The second kappa shape index (κ2) is 11.6. The van der Waals surface area contributed by atoms with Crippen LogP contribution in [0, 0.1) is 3.57 Å². The summed E-state index contributed by atoms with van der Waals surface area (Å²) in [4.78, 5) is 27.1. The summed E-state index contributed by atoms with van der Waals surface area (Å²) in [6.45, 7) is 2.53. The van der Waals surface area contributed by atoms with Crippen LogP contribution in [0.15, 0.2) is 59.8 Å². The molecule has 0 fully saturated rings. The molecule has 0 atom stereocenters. The maximum atomic E-state index is 12.2. The second-order valence-corrected chi connectivity index (χ2v) is 8.11. The molecule has 3 rings (SSSR count). The van der Waals surface area contributed by atoms with Gasteiger partial charge < -0.3 is 14.6 Å². The summed E-state index contributed by atoms with van der Waals surface area (Å²) < 4.78 is 12.5. The lowest BCUT2D eigenvalue weighted by Crippen LogP contribution is -2.18. The predicted octanol–water partition coefficient (Wildman–Crippen LogP) is 4.78. The maximum absolute atomic E-state index is 12.2. The van der Waals surface area contributed by atoms with Crippen molar-refractivity contribution in [3.8, 4) is 11.5 Å². The smallest absolute Gasteiger partial charge is 0.335 e. The number of carbonyl (C=O) groups is 2. The monoisotopic (exact) mass is 579 g/mol. The number of hydrogen-bond donors (Lipinski definition) is 2. The fourth-order valence-corrected chi connectivity index (χ4v) is 3.73. The highest BCUT2D eigenvalue weighted by atomic mass is 127. The Morgan fingerprint density at radius 1 is 1.21 bits per heavy atom. The van der Waals surface area contributed by atoms with Gasteiger partial charge in [-0.05, 0) is 77.0 Å². The van der Waals surface area contributed by atoms with E-state index in [2.05, 4.69) is 38.1 Å². The molecule has 8 nitrogen and oxygen atoms in total. The van der Waals surface area contributed by atoms with Crippen molar-refractivity contribution in [2.45, 2.75) is 13.5 Å². The SMILES string of the molecule is CCOc1cc(C=NNC(=O)c2cccnc2Cl)cc(I)c1OCc1ccc(C(=O)O)cc1. The molecule has 0 radical (unpaired) electrons. The quantitative estimate of drug-likeness (QED) is 0.163. The lowest BCUT2D eigenvalue weighted by molar-refractivity contribution is 0.0696. The molecule has 0 aliphatic carbocycles. The first-order valence-corrected chi connectivity index (χ1v) is 11.2. The summed E-state index contributed by atoms with van der Waals surface area (Å²) in [6, 6.07) is 13.2. The molecule has 0 spiro atoms. The first-order valence-electron chi connectivity index (χ1n) is 9.74. The zero-order chi connectivity index (χ0) is 23.8. The van der Waals surface area contributed by atoms with Gasteiger partial charge in [-0.15, -0.1) is 0 Å². The van der Waals surface area contributed by atoms with E-state index in [-0.39, 0.29) is 22.9 Å². The van der Waals surface area contributed by atoms with E-state index in [0.717, 1.165) is 9.13 Å². The summed E-state index contributed by atoms with van der Waals surface area (Å²) in [5.41, 5.74) is 4.37. The molecular weight excluding hydrogens is 561 g/mol. The number of rotatable bonds is 9. The Morgan fingerprint density at radius 2 is 1.97 bits per heavy atom. The van der Waals surface area contributed by atoms with Crippen LogP contribution in [0.25, 0.3) is 0 Å². The molecule has 0 aliphatic heterocycles. The van der Waals surface area contributed by atoms with E-state index in [1.807, 2.05) is 13.0 Å². The zero-order valence-corrected chi connectivity index (χ0v) is 20.3. The van der Waals surface area contributed by atoms with Crippen LogP contribution in [-0.2, 0) is 6.61 Å². The summed E-state index contributed by atoms with van der Waals surface area (Å²) >= 11 is 8.05. The van der Waals surface area contributed by atoms with Crippen LogP contribution >= 0.6 is 34.2 Å². The third-order valence-corrected chi connectivity index (χ3v) is 5.40. The van der Waals surface area contributed by atoms with E-state index in [9.17, 15) is 9.59 Å². The second-order valence-electron chi connectivity index (χ2n) is 6.59. The molecule has 0 saturated heterocycles. The number of halogens is 2. The molecule has 0 aliphatic rings. The molecule has 2 N–H and O–H groups in total. The molecule has 2 aromatic carbocycles. The average molecular weight is 580 g/mol. The number of aromatic carboxylic acids is 1. The van der Waals surface area contributed by atoms with Gasteiger partial charge in [0.1, 0.15) is 11.8 Å². The number of nitrogens with zero attached hydrogens (tertiary/aromatic N) is 2. The van der Waals surface area contributed by atoms with Crippen LogP contribution in [0.2, 0.25) is 5.15 Å². The van der Waals surface area contributed by atoms with E-state index in [0.29, 0.717) is 23.7 Å². The molecule has 0 saturated carbocycles. The summed E-state index contributed by atoms with van der Waals surface area (Å²) in [5, 5.41) is 13.1. The molecule has 3 aromatic rings. The van der Waals surface area contributed by atoms with Crippen molar-refractivity contribution in [3.63, 3.8) is 0 Å². The van der Waals surface area contributed by atoms with Crippen LogP contribution in [0.3, 0.4) is 0 Å². The number of carbonyl (C=O) groups excluding carboxylic acids is 1. The Kier molecular flexibility index (Phi) is 8.61. The first kappa shape index (κ1) is 24.5. The van der Waals surface area contributed by atoms with Gasteiger partial charge in [0.15, 0.2) is 11.5 Å². The highest BCUT2D eigenvalue weighted by Crippen LogP contribution is 2.34. The molecule has 1 aromatic heterocycles. The number of pyridine rings is 1. The molecule has 170 valence electrons. The van der Waals surface area contributed by atoms with E-state index in [1.54, 1.807) is 30.3 Å². The molecule has 10 heteroatoms. The van der Waals surface area contributed by atoms with Gasteiger partial charge in [0, 0.05) is 6.20 Å². The zero-order valence-electron chi connectivity index (χ0n) is 17.4. The highest BCUT2D eigenvalue weighted by Gasteiger charge is 2.13. The number of carboxylic acids is 1. The largest absolute Gasteiger partial charge is 0.490 e. The highest BCUT2D eigenvalue weighted by molar-refractivity contribution is 14.1. The number of hydrogen-bond acceptors (Lipinski definition) is 6. The molecule has 33 heavy (non-hydrogen) atoms. The number of amides is 1. The molecule has 0 bridgehead atoms. The Bertz CT molecular complexity index is 1190. The van der Waals surface area contributed by atoms with Crippen LogP contribution < -0.4 is 14.9 Å². The van der Waals surface area contributed by atoms with Crippen molar-refractivity contribution in [1.82, 2.24) is 10.4 Å². The minimum absolute atomic E-state index is 0.0949. The van der Waals surface area contributed by atoms with Gasteiger partial charge in [0.25, 0.3) is 5.91 Å². The van der Waals surface area contributed by atoms with Crippen molar-refractivity contribution >= 4 is 52.3 Å². The lowest BCUT2D eigenvalue weighted by atomic mass is 10.1. The number of hydrazone groups is 1. The van der Waals surface area contributed by atoms with Crippen molar-refractivity contribution in [2.24, 2.45) is 5.10 Å². The summed E-state index contributed by atoms with van der Waals surface area (Å²) in [7, 11) is 0. The van der Waals surface area contributed by atoms with Gasteiger partial charge in [-0.2, -0.15) is 5.10 Å². The lowest BCUT2D eigenvalue weighted by Gasteiger charge is -2.15. The molecule has 0 unspecified atom stereocenters. The minimum Gasteiger partial charge on any atom is -0.490 e. The number of benzene rings is 2. The van der Waals surface area contributed by atoms with Gasteiger partial charge in [-0.25, -0.2) is 15.2 Å². The van der Waals surface area contributed by atoms with Crippen molar-refractivity contribution in [2.75, 3.05) is 6.61 Å². The molecule has 1 amide bonds. The predicted molar refractivity (Wildman–Crippen MR) is 132 cm³/mol. The summed E-state index contributed by atoms with van der Waals surface area (Å²) in [6.07, 6.45) is 2.98. The number of carboxylic acid groups (broad SMARTS) is 1. The van der Waals surface area contributed by atoms with Crippen molar-refractivity contribution in [1.29, 1.82) is 0 Å². The standard InChI is InChI=1S/C23H19ClIN3O5/c1-2-32-19-11-15(12-27-28-22(29)17-4-3-9-26-21(17)24)10-18(25)20(19)33-13-14-5-7-16(8-6-14)23(30)31/h3-12H,2,13H2,1H3,(H,28,29)(H,30,31). The minimum atomic E-state index is -0.979. The number of ether oxygens (including phenoxy) is 2.